The Morgan fingerprint density at radius 1 is 1.20 bits per heavy atom. The molecular weight excluding hydrogens is 324 g/mol. The van der Waals surface area contributed by atoms with Crippen LogP contribution in [0, 0.1) is 10.1 Å². The van der Waals surface area contributed by atoms with Crippen LogP contribution < -0.4 is 4.74 Å². The molecule has 0 saturated carbocycles. The van der Waals surface area contributed by atoms with Crippen LogP contribution >= 0.6 is 0 Å². The van der Waals surface area contributed by atoms with Gasteiger partial charge in [0.2, 0.25) is 0 Å². The maximum atomic E-state index is 11.0. The van der Waals surface area contributed by atoms with E-state index in [1.165, 1.54) is 6.07 Å². The monoisotopic (exact) mass is 336 g/mol. The van der Waals surface area contributed by atoms with Crippen molar-refractivity contribution >= 4 is 11.3 Å². The molecule has 25 heavy (non-hydrogen) atoms. The first-order valence-corrected chi connectivity index (χ1v) is 7.46. The van der Waals surface area contributed by atoms with Gasteiger partial charge in [-0.05, 0) is 24.3 Å². The highest BCUT2D eigenvalue weighted by Gasteiger charge is 2.14. The van der Waals surface area contributed by atoms with E-state index in [9.17, 15) is 10.1 Å². The number of fused-ring (bicyclic) bond motifs is 1. The number of nitrogens with zero attached hydrogens (tertiary/aromatic N) is 4. The first-order valence-electron chi connectivity index (χ1n) is 7.46. The van der Waals surface area contributed by atoms with Gasteiger partial charge >= 0.3 is 5.69 Å². The Hall–Kier alpha value is -3.68. The Morgan fingerprint density at radius 3 is 2.88 bits per heavy atom. The van der Waals surface area contributed by atoms with Gasteiger partial charge in [-0.15, -0.1) is 0 Å². The smallest absolute Gasteiger partial charge is 0.310 e. The summed E-state index contributed by atoms with van der Waals surface area (Å²) in [5, 5.41) is 15.4. The molecule has 0 saturated heterocycles. The Balaban J connectivity index is 1.57. The summed E-state index contributed by atoms with van der Waals surface area (Å²) in [6.07, 6.45) is 3.34. The molecule has 0 amide bonds. The first-order chi connectivity index (χ1) is 12.2. The highest BCUT2D eigenvalue weighted by Crippen LogP contribution is 2.26. The molecule has 8 nitrogen and oxygen atoms in total. The van der Waals surface area contributed by atoms with Crippen molar-refractivity contribution in [2.45, 2.75) is 6.61 Å². The second-order valence-electron chi connectivity index (χ2n) is 5.24. The second-order valence-corrected chi connectivity index (χ2v) is 5.24. The molecule has 0 spiro atoms. The van der Waals surface area contributed by atoms with Crippen molar-refractivity contribution in [3.05, 3.63) is 76.8 Å². The predicted molar refractivity (Wildman–Crippen MR) is 88.1 cm³/mol. The fourth-order valence-corrected chi connectivity index (χ4v) is 2.43. The van der Waals surface area contributed by atoms with E-state index in [1.54, 1.807) is 53.4 Å². The number of ether oxygens (including phenoxy) is 1. The lowest BCUT2D eigenvalue weighted by Crippen LogP contribution is -2.02. The summed E-state index contributed by atoms with van der Waals surface area (Å²) in [6, 6.07) is 13.4. The third kappa shape index (κ3) is 2.92. The number of rotatable bonds is 5. The van der Waals surface area contributed by atoms with Crippen molar-refractivity contribution in [2.24, 2.45) is 0 Å². The maximum absolute atomic E-state index is 11.0. The molecule has 1 aromatic carbocycles. The third-order valence-corrected chi connectivity index (χ3v) is 3.59. The number of hydrogen-bond donors (Lipinski definition) is 0. The van der Waals surface area contributed by atoms with E-state index in [2.05, 4.69) is 10.1 Å². The second kappa shape index (κ2) is 6.08. The van der Waals surface area contributed by atoms with Crippen LogP contribution in [-0.2, 0) is 6.61 Å². The van der Waals surface area contributed by atoms with Gasteiger partial charge in [0.25, 0.3) is 0 Å². The lowest BCUT2D eigenvalue weighted by molar-refractivity contribution is -0.385. The van der Waals surface area contributed by atoms with Gasteiger partial charge in [0.15, 0.2) is 17.2 Å². The fraction of sp³-hybridized carbons (Fsp3) is 0.0588. The minimum absolute atomic E-state index is 0.0759. The van der Waals surface area contributed by atoms with Crippen molar-refractivity contribution in [1.29, 1.82) is 0 Å². The lowest BCUT2D eigenvalue weighted by Gasteiger charge is -2.06. The Bertz CT molecular complexity index is 1040. The topological polar surface area (TPSA) is 95.7 Å². The fourth-order valence-electron chi connectivity index (χ4n) is 2.43. The van der Waals surface area contributed by atoms with E-state index in [0.717, 1.165) is 0 Å². The molecule has 0 bridgehead atoms. The number of furan rings is 1. The average molecular weight is 336 g/mol. The molecule has 0 aliphatic carbocycles. The molecule has 0 atom stereocenters. The zero-order chi connectivity index (χ0) is 17.2. The molecule has 0 unspecified atom stereocenters. The molecular formula is C17H12N4O4. The van der Waals surface area contributed by atoms with Crippen LogP contribution in [0.25, 0.3) is 17.1 Å². The van der Waals surface area contributed by atoms with Crippen LogP contribution in [0.4, 0.5) is 5.69 Å². The Morgan fingerprint density at radius 2 is 2.08 bits per heavy atom. The van der Waals surface area contributed by atoms with Crippen LogP contribution in [-0.4, -0.2) is 19.5 Å². The van der Waals surface area contributed by atoms with Gasteiger partial charge < -0.3 is 9.15 Å². The zero-order valence-corrected chi connectivity index (χ0v) is 12.9. The first kappa shape index (κ1) is 14.9. The highest BCUT2D eigenvalue weighted by molar-refractivity contribution is 5.58. The molecule has 4 aromatic rings. The van der Waals surface area contributed by atoms with Crippen molar-refractivity contribution < 1.29 is 14.1 Å². The van der Waals surface area contributed by atoms with Crippen LogP contribution in [0.1, 0.15) is 5.69 Å². The summed E-state index contributed by atoms with van der Waals surface area (Å²) in [6.45, 7) is 0.114. The SMILES string of the molecule is O=[N+]([O-])c1ccccc1OCc1ccn2nc(-c3ccco3)cc2n1. The van der Waals surface area contributed by atoms with E-state index >= 15 is 0 Å². The van der Waals surface area contributed by atoms with Gasteiger partial charge in [0, 0.05) is 18.3 Å². The molecule has 3 aromatic heterocycles. The van der Waals surface area contributed by atoms with E-state index in [0.29, 0.717) is 22.8 Å². The number of hydrogen-bond acceptors (Lipinski definition) is 6. The summed E-state index contributed by atoms with van der Waals surface area (Å²) in [5.74, 6) is 0.863. The van der Waals surface area contributed by atoms with Crippen LogP contribution in [0.3, 0.4) is 0 Å². The number of para-hydroxylation sites is 2. The molecule has 0 fully saturated rings. The van der Waals surface area contributed by atoms with Gasteiger partial charge in [0.05, 0.1) is 16.9 Å². The standard InChI is InChI=1S/C17H12N4O4/c22-21(23)14-4-1-2-5-16(14)25-11-12-7-8-20-17(18-12)10-13(19-20)15-6-3-9-24-15/h1-10H,11H2. The van der Waals surface area contributed by atoms with E-state index in [1.807, 2.05) is 6.07 Å². The summed E-state index contributed by atoms with van der Waals surface area (Å²) < 4.78 is 12.5. The quantitative estimate of drug-likeness (QED) is 0.409. The van der Waals surface area contributed by atoms with Crippen LogP contribution in [0.15, 0.2) is 65.4 Å². The van der Waals surface area contributed by atoms with Gasteiger partial charge in [-0.25, -0.2) is 9.50 Å². The average Bonchev–Trinajstić information content (AvgIpc) is 3.28. The van der Waals surface area contributed by atoms with Gasteiger partial charge in [0.1, 0.15) is 12.3 Å². The van der Waals surface area contributed by atoms with E-state index < -0.39 is 4.92 Å². The maximum Gasteiger partial charge on any atom is 0.310 e. The molecule has 8 heteroatoms. The van der Waals surface area contributed by atoms with Crippen molar-refractivity contribution in [1.82, 2.24) is 14.6 Å². The van der Waals surface area contributed by atoms with E-state index in [4.69, 9.17) is 9.15 Å². The summed E-state index contributed by atoms with van der Waals surface area (Å²) >= 11 is 0. The largest absolute Gasteiger partial charge is 0.480 e. The third-order valence-electron chi connectivity index (χ3n) is 3.59. The number of benzene rings is 1. The van der Waals surface area contributed by atoms with Gasteiger partial charge in [-0.1, -0.05) is 12.1 Å². The summed E-state index contributed by atoms with van der Waals surface area (Å²) in [7, 11) is 0. The molecule has 124 valence electrons. The number of nitro benzene ring substituents is 1. The molecule has 0 N–H and O–H groups in total. The summed E-state index contributed by atoms with van der Waals surface area (Å²) in [5.41, 5.74) is 1.87. The van der Waals surface area contributed by atoms with Crippen LogP contribution in [0.2, 0.25) is 0 Å². The van der Waals surface area contributed by atoms with E-state index in [-0.39, 0.29) is 18.0 Å². The molecule has 3 heterocycles. The highest BCUT2D eigenvalue weighted by atomic mass is 16.6. The number of aromatic nitrogens is 3. The number of nitro groups is 1. The minimum Gasteiger partial charge on any atom is -0.480 e. The van der Waals surface area contributed by atoms with Crippen molar-refractivity contribution in [2.75, 3.05) is 0 Å². The van der Waals surface area contributed by atoms with Gasteiger partial charge in [-0.3, -0.25) is 10.1 Å². The molecule has 4 rings (SSSR count). The van der Waals surface area contributed by atoms with Gasteiger partial charge in [-0.2, -0.15) is 5.10 Å². The Labute approximate surface area is 141 Å². The predicted octanol–water partition coefficient (Wildman–Crippen LogP) is 3.48. The minimum atomic E-state index is -0.474. The molecule has 0 aliphatic rings. The molecule has 0 aliphatic heterocycles. The normalized spacial score (nSPS) is 10.9. The Kier molecular flexibility index (Phi) is 3.62. The van der Waals surface area contributed by atoms with Crippen molar-refractivity contribution in [3.8, 4) is 17.2 Å². The zero-order valence-electron chi connectivity index (χ0n) is 12.9. The molecule has 0 radical (unpaired) electrons. The van der Waals surface area contributed by atoms with Crippen LogP contribution in [0.5, 0.6) is 5.75 Å². The lowest BCUT2D eigenvalue weighted by atomic mass is 10.3. The van der Waals surface area contributed by atoms with Crippen molar-refractivity contribution in [3.63, 3.8) is 0 Å². The summed E-state index contributed by atoms with van der Waals surface area (Å²) in [4.78, 5) is 15.0.